The summed E-state index contributed by atoms with van der Waals surface area (Å²) < 4.78 is 75.4. The average molecular weight is 622 g/mol. The number of nitrogens with one attached hydrogen (secondary N) is 1. The normalized spacial score (nSPS) is 16.1. The van der Waals surface area contributed by atoms with Crippen LogP contribution in [0.4, 0.5) is 29.6 Å². The van der Waals surface area contributed by atoms with Crippen LogP contribution in [0.2, 0.25) is 0 Å². The van der Waals surface area contributed by atoms with E-state index in [1.54, 1.807) is 45.9 Å². The van der Waals surface area contributed by atoms with Crippen LogP contribution in [-0.2, 0) is 25.7 Å². The van der Waals surface area contributed by atoms with Crippen LogP contribution in [-0.4, -0.2) is 71.7 Å². The fraction of sp³-hybridized carbons (Fsp3) is 0.357. The van der Waals surface area contributed by atoms with E-state index in [4.69, 9.17) is 4.74 Å². The van der Waals surface area contributed by atoms with Gasteiger partial charge in [-0.05, 0) is 57.5 Å². The number of aliphatic carboxylic acids is 1. The van der Waals surface area contributed by atoms with Gasteiger partial charge in [-0.3, -0.25) is 4.72 Å². The maximum atomic E-state index is 13.8. The van der Waals surface area contributed by atoms with Gasteiger partial charge in [0.15, 0.2) is 5.03 Å². The van der Waals surface area contributed by atoms with Crippen molar-refractivity contribution in [1.82, 2.24) is 14.9 Å². The van der Waals surface area contributed by atoms with Gasteiger partial charge in [0.05, 0.1) is 17.8 Å². The zero-order valence-electron chi connectivity index (χ0n) is 23.7. The Hall–Kier alpha value is -4.40. The number of ether oxygens (including phenoxy) is 1. The van der Waals surface area contributed by atoms with Crippen molar-refractivity contribution in [2.45, 2.75) is 50.5 Å². The van der Waals surface area contributed by atoms with Crippen molar-refractivity contribution in [3.63, 3.8) is 0 Å². The molecule has 43 heavy (non-hydrogen) atoms. The summed E-state index contributed by atoms with van der Waals surface area (Å²) >= 11 is 0. The van der Waals surface area contributed by atoms with Crippen LogP contribution in [0.3, 0.4) is 0 Å². The van der Waals surface area contributed by atoms with Crippen molar-refractivity contribution < 1.29 is 41.0 Å². The minimum absolute atomic E-state index is 0.0140. The number of hydrogen-bond donors (Lipinski definition) is 2. The lowest BCUT2D eigenvalue weighted by Gasteiger charge is -2.40. The Kier molecular flexibility index (Phi) is 8.58. The number of aryl methyl sites for hydroxylation is 1. The monoisotopic (exact) mass is 621 g/mol. The molecule has 1 amide bonds. The molecule has 0 bridgehead atoms. The number of benzene rings is 1. The standard InChI is InChI=1S/C28H30F3N5O6S/c1-17-8-5-6-9-18(17)24-19(28(29,30)31)12-13-21(32-24)34-43(40,41)23-11-7-10-22(33-23)36-15-14-35(16-20(36)25(37)38)26(39)42-27(2,3)4/h5-13,20H,14-16H2,1-4H3,(H,32,34)(H,37,38)/t20-/m1/s1. The maximum Gasteiger partial charge on any atom is 0.418 e. The molecule has 230 valence electrons. The molecule has 1 aromatic carbocycles. The highest BCUT2D eigenvalue weighted by Crippen LogP contribution is 2.38. The summed E-state index contributed by atoms with van der Waals surface area (Å²) in [6, 6.07) is 10.6. The fourth-order valence-corrected chi connectivity index (χ4v) is 5.42. The molecule has 15 heteroatoms. The Morgan fingerprint density at radius 2 is 1.70 bits per heavy atom. The number of carboxylic acid groups (broad SMARTS) is 1. The summed E-state index contributed by atoms with van der Waals surface area (Å²) in [6.45, 7) is 6.53. The number of nitrogens with zero attached hydrogens (tertiary/aromatic N) is 4. The zero-order chi connectivity index (χ0) is 31.7. The summed E-state index contributed by atoms with van der Waals surface area (Å²) in [4.78, 5) is 35.4. The van der Waals surface area contributed by atoms with Crippen LogP contribution in [0.1, 0.15) is 31.9 Å². The van der Waals surface area contributed by atoms with Crippen molar-refractivity contribution in [3.05, 3.63) is 65.7 Å². The predicted octanol–water partition coefficient (Wildman–Crippen LogP) is 4.78. The van der Waals surface area contributed by atoms with E-state index in [1.165, 1.54) is 28.0 Å². The molecular weight excluding hydrogens is 591 g/mol. The molecule has 2 aromatic heterocycles. The summed E-state index contributed by atoms with van der Waals surface area (Å²) in [5, 5.41) is 9.37. The number of halogens is 3. The summed E-state index contributed by atoms with van der Waals surface area (Å²) in [6.07, 6.45) is -5.42. The van der Waals surface area contributed by atoms with Gasteiger partial charge in [0.25, 0.3) is 10.0 Å². The number of carbonyl (C=O) groups is 2. The lowest BCUT2D eigenvalue weighted by molar-refractivity contribution is -0.139. The van der Waals surface area contributed by atoms with Gasteiger partial charge in [-0.1, -0.05) is 30.3 Å². The molecule has 0 radical (unpaired) electrons. The van der Waals surface area contributed by atoms with Crippen LogP contribution in [0, 0.1) is 6.92 Å². The molecule has 1 saturated heterocycles. The Balaban J connectivity index is 1.62. The van der Waals surface area contributed by atoms with Gasteiger partial charge >= 0.3 is 18.2 Å². The minimum Gasteiger partial charge on any atom is -0.480 e. The third-order valence-electron chi connectivity index (χ3n) is 6.44. The minimum atomic E-state index is -4.74. The molecule has 4 rings (SSSR count). The van der Waals surface area contributed by atoms with Gasteiger partial charge in [-0.25, -0.2) is 19.6 Å². The smallest absolute Gasteiger partial charge is 0.418 e. The van der Waals surface area contributed by atoms with Crippen LogP contribution < -0.4 is 9.62 Å². The van der Waals surface area contributed by atoms with E-state index in [2.05, 4.69) is 14.7 Å². The Morgan fingerprint density at radius 3 is 2.33 bits per heavy atom. The van der Waals surface area contributed by atoms with Crippen molar-refractivity contribution in [2.75, 3.05) is 29.3 Å². The molecule has 1 fully saturated rings. The highest BCUT2D eigenvalue weighted by atomic mass is 32.2. The number of amides is 1. The molecule has 1 atom stereocenters. The number of anilines is 2. The van der Waals surface area contributed by atoms with Crippen molar-refractivity contribution >= 4 is 33.7 Å². The summed E-state index contributed by atoms with van der Waals surface area (Å²) in [7, 11) is -4.48. The third-order valence-corrected chi connectivity index (χ3v) is 7.69. The molecule has 0 aliphatic carbocycles. The number of aromatic nitrogens is 2. The van der Waals surface area contributed by atoms with Gasteiger partial charge in [-0.2, -0.15) is 21.6 Å². The van der Waals surface area contributed by atoms with E-state index in [9.17, 15) is 36.3 Å². The van der Waals surface area contributed by atoms with E-state index < -0.39 is 56.2 Å². The Morgan fingerprint density at radius 1 is 1.00 bits per heavy atom. The maximum absolute atomic E-state index is 13.8. The topological polar surface area (TPSA) is 142 Å². The quantitative estimate of drug-likeness (QED) is 0.398. The second-order valence-corrected chi connectivity index (χ2v) is 12.4. The van der Waals surface area contributed by atoms with Gasteiger partial charge in [0.2, 0.25) is 0 Å². The van der Waals surface area contributed by atoms with E-state index in [0.717, 1.165) is 18.2 Å². The van der Waals surface area contributed by atoms with Gasteiger partial charge in [0, 0.05) is 18.7 Å². The van der Waals surface area contributed by atoms with Crippen LogP contribution >= 0.6 is 0 Å². The molecule has 3 heterocycles. The molecule has 1 aliphatic rings. The molecule has 11 nitrogen and oxygen atoms in total. The Labute approximate surface area is 246 Å². The molecule has 0 unspecified atom stereocenters. The fourth-order valence-electron chi connectivity index (χ4n) is 4.45. The number of piperazine rings is 1. The lowest BCUT2D eigenvalue weighted by Crippen LogP contribution is -2.58. The Bertz CT molecular complexity index is 1640. The molecule has 1 aliphatic heterocycles. The van der Waals surface area contributed by atoms with Crippen LogP contribution in [0.5, 0.6) is 0 Å². The molecule has 3 aromatic rings. The SMILES string of the molecule is Cc1ccccc1-c1nc(NS(=O)(=O)c2cccc(N3CCN(C(=O)OC(C)(C)C)C[C@@H]3C(=O)O)n2)ccc1C(F)(F)F. The molecule has 0 saturated carbocycles. The lowest BCUT2D eigenvalue weighted by atomic mass is 10.0. The van der Waals surface area contributed by atoms with E-state index >= 15 is 0 Å². The number of pyridine rings is 2. The first-order valence-electron chi connectivity index (χ1n) is 13.1. The van der Waals surface area contributed by atoms with Crippen LogP contribution in [0.15, 0.2) is 59.6 Å². The van der Waals surface area contributed by atoms with Crippen LogP contribution in [0.25, 0.3) is 11.3 Å². The largest absolute Gasteiger partial charge is 0.480 e. The number of carboxylic acids is 1. The number of carbonyl (C=O) groups excluding carboxylic acids is 1. The van der Waals surface area contributed by atoms with Crippen molar-refractivity contribution in [2.24, 2.45) is 0 Å². The first kappa shape index (κ1) is 31.5. The number of hydrogen-bond acceptors (Lipinski definition) is 8. The van der Waals surface area contributed by atoms with E-state index in [1.807, 2.05) is 0 Å². The van der Waals surface area contributed by atoms with Gasteiger partial charge < -0.3 is 19.6 Å². The first-order valence-corrected chi connectivity index (χ1v) is 14.6. The second-order valence-electron chi connectivity index (χ2n) is 10.8. The third kappa shape index (κ3) is 7.34. The predicted molar refractivity (Wildman–Crippen MR) is 151 cm³/mol. The number of rotatable bonds is 6. The molecule has 0 spiro atoms. The summed E-state index contributed by atoms with van der Waals surface area (Å²) in [5.41, 5.74) is -1.57. The van der Waals surface area contributed by atoms with E-state index in [-0.39, 0.29) is 36.8 Å². The number of sulfonamides is 1. The molecular formula is C28H30F3N5O6S. The average Bonchev–Trinajstić information content (AvgIpc) is 2.91. The second kappa shape index (κ2) is 11.7. The number of alkyl halides is 3. The van der Waals surface area contributed by atoms with Crippen molar-refractivity contribution in [3.8, 4) is 11.3 Å². The van der Waals surface area contributed by atoms with Crippen molar-refractivity contribution in [1.29, 1.82) is 0 Å². The van der Waals surface area contributed by atoms with Gasteiger partial charge in [-0.15, -0.1) is 0 Å². The first-order chi connectivity index (χ1) is 20.0. The molecule has 2 N–H and O–H groups in total. The summed E-state index contributed by atoms with van der Waals surface area (Å²) in [5.74, 6) is -1.62. The van der Waals surface area contributed by atoms with Gasteiger partial charge in [0.1, 0.15) is 23.3 Å². The highest BCUT2D eigenvalue weighted by molar-refractivity contribution is 7.92. The zero-order valence-corrected chi connectivity index (χ0v) is 24.5. The highest BCUT2D eigenvalue weighted by Gasteiger charge is 2.38. The van der Waals surface area contributed by atoms with E-state index in [0.29, 0.717) is 5.56 Å².